The summed E-state index contributed by atoms with van der Waals surface area (Å²) >= 11 is 6.46. The molecule has 27 heavy (non-hydrogen) atoms. The number of anilines is 1. The van der Waals surface area contributed by atoms with Crippen LogP contribution in [0.1, 0.15) is 16.8 Å². The van der Waals surface area contributed by atoms with Crippen molar-refractivity contribution in [3.63, 3.8) is 0 Å². The largest absolute Gasteiger partial charge is 0.489 e. The molecule has 3 heterocycles. The maximum absolute atomic E-state index is 12.6. The highest BCUT2D eigenvalue weighted by atomic mass is 35.5. The fourth-order valence-electron chi connectivity index (χ4n) is 3.44. The molecule has 0 spiro atoms. The molecule has 1 atom stereocenters. The van der Waals surface area contributed by atoms with E-state index in [9.17, 15) is 4.79 Å². The Morgan fingerprint density at radius 3 is 2.70 bits per heavy atom. The van der Waals surface area contributed by atoms with Crippen molar-refractivity contribution in [1.82, 2.24) is 9.88 Å². The lowest BCUT2D eigenvalue weighted by Crippen LogP contribution is -2.40. The summed E-state index contributed by atoms with van der Waals surface area (Å²) < 4.78 is 11.3. The van der Waals surface area contributed by atoms with Gasteiger partial charge in [-0.3, -0.25) is 4.79 Å². The molecule has 0 aliphatic carbocycles. The molecule has 2 aliphatic rings. The number of para-hydroxylation sites is 1. The van der Waals surface area contributed by atoms with Gasteiger partial charge in [-0.15, -0.1) is 0 Å². The number of hydrogen-bond donors (Lipinski definition) is 0. The zero-order valence-corrected chi connectivity index (χ0v) is 15.8. The minimum atomic E-state index is -0.0500. The van der Waals surface area contributed by atoms with Gasteiger partial charge in [0.25, 0.3) is 5.91 Å². The van der Waals surface area contributed by atoms with Gasteiger partial charge in [-0.05, 0) is 18.2 Å². The molecule has 0 bridgehead atoms. The van der Waals surface area contributed by atoms with Gasteiger partial charge in [0.05, 0.1) is 30.3 Å². The number of morpholine rings is 1. The van der Waals surface area contributed by atoms with Gasteiger partial charge in [-0.25, -0.2) is 4.98 Å². The predicted octanol–water partition coefficient (Wildman–Crippen LogP) is 2.87. The third kappa shape index (κ3) is 4.17. The van der Waals surface area contributed by atoms with Gasteiger partial charge in [0.2, 0.25) is 0 Å². The molecular weight excluding hydrogens is 366 g/mol. The van der Waals surface area contributed by atoms with Crippen LogP contribution in [0.25, 0.3) is 0 Å². The summed E-state index contributed by atoms with van der Waals surface area (Å²) in [5.41, 5.74) is 0.516. The maximum atomic E-state index is 12.6. The van der Waals surface area contributed by atoms with Crippen molar-refractivity contribution >= 4 is 23.3 Å². The number of pyridine rings is 1. The van der Waals surface area contributed by atoms with Gasteiger partial charge < -0.3 is 19.3 Å². The molecule has 1 amide bonds. The molecule has 1 aromatic carbocycles. The Morgan fingerprint density at radius 1 is 1.19 bits per heavy atom. The number of benzene rings is 1. The summed E-state index contributed by atoms with van der Waals surface area (Å²) in [5.74, 6) is 1.52. The van der Waals surface area contributed by atoms with E-state index in [1.54, 1.807) is 17.2 Å². The van der Waals surface area contributed by atoms with Gasteiger partial charge in [0.15, 0.2) is 0 Å². The van der Waals surface area contributed by atoms with Crippen LogP contribution in [-0.2, 0) is 4.74 Å². The number of nitrogens with zero attached hydrogens (tertiary/aromatic N) is 3. The Kier molecular flexibility index (Phi) is 5.45. The van der Waals surface area contributed by atoms with Crippen molar-refractivity contribution in [2.45, 2.75) is 12.5 Å². The molecule has 2 saturated heterocycles. The zero-order chi connectivity index (χ0) is 18.6. The second-order valence-electron chi connectivity index (χ2n) is 6.72. The molecule has 0 radical (unpaired) electrons. The Morgan fingerprint density at radius 2 is 1.96 bits per heavy atom. The molecular formula is C20H22ClN3O3. The van der Waals surface area contributed by atoms with E-state index in [0.29, 0.717) is 42.7 Å². The number of carbonyl (C=O) groups excluding carboxylic acids is 1. The van der Waals surface area contributed by atoms with Crippen LogP contribution in [0.4, 0.5) is 5.82 Å². The van der Waals surface area contributed by atoms with E-state index in [1.165, 1.54) is 0 Å². The third-order valence-electron chi connectivity index (χ3n) is 4.86. The third-order valence-corrected chi connectivity index (χ3v) is 5.14. The van der Waals surface area contributed by atoms with Crippen molar-refractivity contribution in [2.75, 3.05) is 44.3 Å². The van der Waals surface area contributed by atoms with E-state index in [2.05, 4.69) is 9.88 Å². The number of amides is 1. The summed E-state index contributed by atoms with van der Waals surface area (Å²) in [6.45, 7) is 3.88. The van der Waals surface area contributed by atoms with E-state index in [0.717, 1.165) is 25.3 Å². The average Bonchev–Trinajstić information content (AvgIpc) is 3.17. The first-order valence-corrected chi connectivity index (χ1v) is 9.58. The number of aromatic nitrogens is 1. The van der Waals surface area contributed by atoms with E-state index in [4.69, 9.17) is 21.1 Å². The lowest BCUT2D eigenvalue weighted by atomic mass is 10.2. The van der Waals surface area contributed by atoms with E-state index in [1.807, 2.05) is 30.3 Å². The zero-order valence-electron chi connectivity index (χ0n) is 15.0. The van der Waals surface area contributed by atoms with E-state index in [-0.39, 0.29) is 12.0 Å². The van der Waals surface area contributed by atoms with Crippen LogP contribution in [0.15, 0.2) is 42.6 Å². The Bertz CT molecular complexity index is 796. The van der Waals surface area contributed by atoms with Crippen LogP contribution in [0.2, 0.25) is 5.02 Å². The molecule has 0 unspecified atom stereocenters. The normalized spacial score (nSPS) is 20.0. The summed E-state index contributed by atoms with van der Waals surface area (Å²) in [7, 11) is 0. The molecule has 2 aliphatic heterocycles. The van der Waals surface area contributed by atoms with Crippen LogP contribution < -0.4 is 9.64 Å². The fourth-order valence-corrected chi connectivity index (χ4v) is 3.72. The Balaban J connectivity index is 1.41. The van der Waals surface area contributed by atoms with Crippen molar-refractivity contribution in [2.24, 2.45) is 0 Å². The summed E-state index contributed by atoms with van der Waals surface area (Å²) in [6.07, 6.45) is 2.62. The predicted molar refractivity (Wildman–Crippen MR) is 104 cm³/mol. The molecule has 4 rings (SSSR count). The topological polar surface area (TPSA) is 54.9 Å². The van der Waals surface area contributed by atoms with Crippen molar-refractivity contribution < 1.29 is 14.3 Å². The second kappa shape index (κ2) is 8.15. The smallest absolute Gasteiger partial charge is 0.255 e. The maximum Gasteiger partial charge on any atom is 0.255 e. The highest BCUT2D eigenvalue weighted by Gasteiger charge is 2.27. The van der Waals surface area contributed by atoms with Crippen molar-refractivity contribution in [3.8, 4) is 5.75 Å². The van der Waals surface area contributed by atoms with Gasteiger partial charge in [0.1, 0.15) is 17.7 Å². The molecule has 142 valence electrons. The first-order chi connectivity index (χ1) is 13.2. The first-order valence-electron chi connectivity index (χ1n) is 9.20. The van der Waals surface area contributed by atoms with Crippen molar-refractivity contribution in [1.29, 1.82) is 0 Å². The molecule has 7 heteroatoms. The quantitative estimate of drug-likeness (QED) is 0.807. The Labute approximate surface area is 163 Å². The summed E-state index contributed by atoms with van der Waals surface area (Å²) in [4.78, 5) is 20.9. The monoisotopic (exact) mass is 387 g/mol. The first kappa shape index (κ1) is 18.1. The van der Waals surface area contributed by atoms with E-state index >= 15 is 0 Å². The number of carbonyl (C=O) groups is 1. The minimum absolute atomic E-state index is 0.0500. The number of ether oxygens (including phenoxy) is 2. The fraction of sp³-hybridized carbons (Fsp3) is 0.400. The summed E-state index contributed by atoms with van der Waals surface area (Å²) in [5, 5.41) is 0.495. The lowest BCUT2D eigenvalue weighted by Gasteiger charge is -2.27. The highest BCUT2D eigenvalue weighted by molar-refractivity contribution is 6.33. The molecule has 2 aromatic rings. The van der Waals surface area contributed by atoms with Gasteiger partial charge in [0, 0.05) is 32.3 Å². The lowest BCUT2D eigenvalue weighted by molar-refractivity contribution is 0.0302. The molecule has 0 saturated carbocycles. The number of rotatable bonds is 4. The van der Waals surface area contributed by atoms with Crippen LogP contribution in [-0.4, -0.2) is 61.3 Å². The van der Waals surface area contributed by atoms with E-state index < -0.39 is 0 Å². The average molecular weight is 388 g/mol. The number of hydrogen-bond acceptors (Lipinski definition) is 5. The standard InChI is InChI=1S/C20H22ClN3O3/c21-18-12-15(20(25)23-8-10-26-11-9-23)13-22-19(18)24-7-6-17(14-24)27-16-4-2-1-3-5-16/h1-5,12-13,17H,6-11,14H2/t17-/m0/s1. The van der Waals surface area contributed by atoms with Gasteiger partial charge in [-0.2, -0.15) is 0 Å². The highest BCUT2D eigenvalue weighted by Crippen LogP contribution is 2.29. The van der Waals surface area contributed by atoms with Crippen LogP contribution in [0.5, 0.6) is 5.75 Å². The number of halogens is 1. The molecule has 2 fully saturated rings. The summed E-state index contributed by atoms with van der Waals surface area (Å²) in [6, 6.07) is 11.5. The van der Waals surface area contributed by atoms with Gasteiger partial charge in [-0.1, -0.05) is 29.8 Å². The van der Waals surface area contributed by atoms with Crippen LogP contribution in [0.3, 0.4) is 0 Å². The molecule has 0 N–H and O–H groups in total. The van der Waals surface area contributed by atoms with Crippen molar-refractivity contribution in [3.05, 3.63) is 53.2 Å². The molecule has 6 nitrogen and oxygen atoms in total. The second-order valence-corrected chi connectivity index (χ2v) is 7.13. The van der Waals surface area contributed by atoms with Crippen LogP contribution >= 0.6 is 11.6 Å². The molecule has 1 aromatic heterocycles. The van der Waals surface area contributed by atoms with Crippen LogP contribution in [0, 0.1) is 0 Å². The Hall–Kier alpha value is -2.31. The van der Waals surface area contributed by atoms with Gasteiger partial charge >= 0.3 is 0 Å². The minimum Gasteiger partial charge on any atom is -0.489 e. The SMILES string of the molecule is O=C(c1cnc(N2CC[C@H](Oc3ccccc3)C2)c(Cl)c1)N1CCOCC1.